The number of fused-ring (bicyclic) bond motifs is 15. The SMILES string of the molecule is N#Cc1c(-n2c3ccccc3c3ccccc32)c(-n2c3ccccc3c3cc(-c4ccccc4)ccc32)c(-n2c3ccccc3c3ccccc32)c(-n2c3ccccc3c3cc(-c4ccccc4)ccc32)c1-n1c2ccccc2c2ccccc21. The zero-order chi connectivity index (χ0) is 55.9. The van der Waals surface area contributed by atoms with E-state index in [2.05, 4.69) is 320 Å². The maximum atomic E-state index is 13.2. The minimum absolute atomic E-state index is 0.520. The van der Waals surface area contributed by atoms with E-state index in [1.165, 1.54) is 0 Å². The number of aromatic nitrogens is 5. The van der Waals surface area contributed by atoms with Gasteiger partial charge in [-0.15, -0.1) is 0 Å². The molecule has 0 fully saturated rings. The molecule has 0 bridgehead atoms. The van der Waals surface area contributed by atoms with Gasteiger partial charge in [0.1, 0.15) is 11.6 Å². The van der Waals surface area contributed by atoms with Gasteiger partial charge in [-0.3, -0.25) is 0 Å². The first-order valence-electron chi connectivity index (χ1n) is 29.0. The molecule has 18 aromatic rings. The van der Waals surface area contributed by atoms with Crippen molar-refractivity contribution < 1.29 is 0 Å². The highest BCUT2D eigenvalue weighted by Crippen LogP contribution is 2.52. The molecule has 0 aliphatic rings. The molecule has 0 saturated carbocycles. The Morgan fingerprint density at radius 3 is 0.671 bits per heavy atom. The van der Waals surface area contributed by atoms with Gasteiger partial charge in [0.2, 0.25) is 0 Å². The van der Waals surface area contributed by atoms with E-state index in [1.807, 2.05) is 0 Å². The summed E-state index contributed by atoms with van der Waals surface area (Å²) < 4.78 is 12.3. The smallest absolute Gasteiger partial charge is 0.105 e. The first-order chi connectivity index (χ1) is 42.2. The van der Waals surface area contributed by atoms with Gasteiger partial charge in [0, 0.05) is 53.9 Å². The molecule has 5 heterocycles. The third-order valence-corrected chi connectivity index (χ3v) is 17.9. The fraction of sp³-hybridized carbons (Fsp3) is 0. The van der Waals surface area contributed by atoms with Gasteiger partial charge in [0.15, 0.2) is 0 Å². The molecular weight excluding hydrogens is 1030 g/mol. The highest BCUT2D eigenvalue weighted by molar-refractivity contribution is 6.18. The third-order valence-electron chi connectivity index (χ3n) is 17.9. The first-order valence-corrected chi connectivity index (χ1v) is 29.0. The fourth-order valence-corrected chi connectivity index (χ4v) is 14.4. The average Bonchev–Trinajstić information content (AvgIpc) is 2.62. The van der Waals surface area contributed by atoms with E-state index in [1.54, 1.807) is 0 Å². The van der Waals surface area contributed by atoms with Crippen LogP contribution in [0.1, 0.15) is 5.56 Å². The van der Waals surface area contributed by atoms with E-state index in [9.17, 15) is 5.26 Å². The van der Waals surface area contributed by atoms with Crippen LogP contribution in [0.2, 0.25) is 0 Å². The lowest BCUT2D eigenvalue weighted by atomic mass is 10.0. The third kappa shape index (κ3) is 6.63. The summed E-state index contributed by atoms with van der Waals surface area (Å²) in [5, 5.41) is 24.2. The molecule has 0 unspecified atom stereocenters. The van der Waals surface area contributed by atoms with Crippen LogP contribution < -0.4 is 0 Å². The van der Waals surface area contributed by atoms with Gasteiger partial charge in [-0.2, -0.15) is 5.26 Å². The maximum absolute atomic E-state index is 13.2. The van der Waals surface area contributed by atoms with Crippen LogP contribution in [0.5, 0.6) is 0 Å². The van der Waals surface area contributed by atoms with E-state index < -0.39 is 0 Å². The van der Waals surface area contributed by atoms with Crippen molar-refractivity contribution in [3.05, 3.63) is 297 Å². The van der Waals surface area contributed by atoms with Crippen LogP contribution in [-0.4, -0.2) is 22.8 Å². The first kappa shape index (κ1) is 47.0. The standard InChI is InChI=1S/C79H48N6/c80-49-64-75(81-65-35-15-7-27-54(65)55-28-8-16-36-66(55)81)77(84-71-41-21-13-33-60(71)62-47-52(43-45-73(62)84)50-23-3-1-4-24-50)79(83-69-39-19-11-31-58(69)59-32-12-20-40-70(59)83)78(76(64)82-67-37-17-9-29-56(67)57-30-10-18-38-68(57)82)85-72-42-22-14-34-61(72)63-48-53(44-46-74(63)85)51-25-5-2-6-26-51/h1-48H. The summed E-state index contributed by atoms with van der Waals surface area (Å²) in [7, 11) is 0. The molecule has 13 aromatic carbocycles. The summed E-state index contributed by atoms with van der Waals surface area (Å²) in [6, 6.07) is 109. The van der Waals surface area contributed by atoms with E-state index in [0.29, 0.717) is 5.56 Å². The average molecular weight is 1080 g/mol. The quantitative estimate of drug-likeness (QED) is 0.157. The number of para-hydroxylation sites is 8. The van der Waals surface area contributed by atoms with Gasteiger partial charge in [-0.1, -0.05) is 218 Å². The Hall–Kier alpha value is -11.7. The van der Waals surface area contributed by atoms with Gasteiger partial charge >= 0.3 is 0 Å². The topological polar surface area (TPSA) is 48.4 Å². The van der Waals surface area contributed by atoms with Gasteiger partial charge in [-0.05, 0) is 95.1 Å². The molecule has 85 heavy (non-hydrogen) atoms. The molecule has 0 radical (unpaired) electrons. The normalized spacial score (nSPS) is 12.0. The predicted molar refractivity (Wildman–Crippen MR) is 354 cm³/mol. The van der Waals surface area contributed by atoms with Crippen LogP contribution in [0.3, 0.4) is 0 Å². The molecule has 0 spiro atoms. The van der Waals surface area contributed by atoms with E-state index in [4.69, 9.17) is 0 Å². The summed E-state index contributed by atoms with van der Waals surface area (Å²) in [4.78, 5) is 0. The Morgan fingerprint density at radius 1 is 0.188 bits per heavy atom. The minimum atomic E-state index is 0.520. The monoisotopic (exact) mass is 1080 g/mol. The summed E-state index contributed by atoms with van der Waals surface area (Å²) in [5.41, 5.74) is 19.3. The van der Waals surface area contributed by atoms with Crippen molar-refractivity contribution in [2.24, 2.45) is 0 Å². The van der Waals surface area contributed by atoms with Crippen LogP contribution in [0.25, 0.3) is 160 Å². The number of hydrogen-bond acceptors (Lipinski definition) is 1. The second-order valence-electron chi connectivity index (χ2n) is 22.2. The lowest BCUT2D eigenvalue weighted by Crippen LogP contribution is -2.18. The lowest BCUT2D eigenvalue weighted by Gasteiger charge is -2.30. The molecule has 5 aromatic heterocycles. The molecule has 0 atom stereocenters. The highest BCUT2D eigenvalue weighted by atomic mass is 15.2. The summed E-state index contributed by atoms with van der Waals surface area (Å²) >= 11 is 0. The Bertz CT molecular complexity index is 5400. The van der Waals surface area contributed by atoms with E-state index >= 15 is 0 Å². The largest absolute Gasteiger partial charge is 0.306 e. The number of nitriles is 1. The van der Waals surface area contributed by atoms with Crippen molar-refractivity contribution in [3.8, 4) is 56.8 Å². The van der Waals surface area contributed by atoms with E-state index in [0.717, 1.165) is 160 Å². The fourth-order valence-electron chi connectivity index (χ4n) is 14.4. The maximum Gasteiger partial charge on any atom is 0.105 e. The van der Waals surface area contributed by atoms with Gasteiger partial charge in [-0.25, -0.2) is 0 Å². The van der Waals surface area contributed by atoms with Crippen molar-refractivity contribution in [3.63, 3.8) is 0 Å². The van der Waals surface area contributed by atoms with Crippen molar-refractivity contribution in [2.75, 3.05) is 0 Å². The number of rotatable bonds is 7. The molecular formula is C79H48N6. The highest BCUT2D eigenvalue weighted by Gasteiger charge is 2.36. The molecule has 6 nitrogen and oxygen atoms in total. The summed E-state index contributed by atoms with van der Waals surface area (Å²) in [6.45, 7) is 0. The zero-order valence-electron chi connectivity index (χ0n) is 45.9. The molecule has 394 valence electrons. The molecule has 0 amide bonds. The molecule has 6 heteroatoms. The minimum Gasteiger partial charge on any atom is -0.306 e. The van der Waals surface area contributed by atoms with Crippen LogP contribution >= 0.6 is 0 Å². The van der Waals surface area contributed by atoms with Gasteiger partial charge in [0.05, 0.1) is 83.6 Å². The summed E-state index contributed by atoms with van der Waals surface area (Å²) in [6.07, 6.45) is 0. The van der Waals surface area contributed by atoms with E-state index in [-0.39, 0.29) is 0 Å². The number of nitrogens with zero attached hydrogens (tertiary/aromatic N) is 6. The molecule has 0 aliphatic carbocycles. The second kappa shape index (κ2) is 18.2. The van der Waals surface area contributed by atoms with Crippen LogP contribution in [0.15, 0.2) is 291 Å². The number of hydrogen-bond donors (Lipinski definition) is 0. The Labute approximate surface area is 488 Å². The molecule has 0 saturated heterocycles. The Balaban J connectivity index is 1.18. The lowest BCUT2D eigenvalue weighted by molar-refractivity contribution is 0.992. The molecule has 0 aliphatic heterocycles. The van der Waals surface area contributed by atoms with Crippen LogP contribution in [-0.2, 0) is 0 Å². The van der Waals surface area contributed by atoms with Gasteiger partial charge < -0.3 is 22.8 Å². The molecule has 18 rings (SSSR count). The Kier molecular flexibility index (Phi) is 10.1. The van der Waals surface area contributed by atoms with Gasteiger partial charge in [0.25, 0.3) is 0 Å². The molecule has 0 N–H and O–H groups in total. The van der Waals surface area contributed by atoms with Crippen molar-refractivity contribution in [1.29, 1.82) is 5.26 Å². The van der Waals surface area contributed by atoms with Crippen molar-refractivity contribution in [1.82, 2.24) is 22.8 Å². The predicted octanol–water partition coefficient (Wildman–Crippen LogP) is 20.4. The van der Waals surface area contributed by atoms with Crippen molar-refractivity contribution in [2.45, 2.75) is 0 Å². The van der Waals surface area contributed by atoms with Crippen LogP contribution in [0.4, 0.5) is 0 Å². The van der Waals surface area contributed by atoms with Crippen LogP contribution in [0, 0.1) is 11.3 Å². The second-order valence-corrected chi connectivity index (χ2v) is 22.2. The zero-order valence-corrected chi connectivity index (χ0v) is 45.9. The number of benzene rings is 13. The summed E-state index contributed by atoms with van der Waals surface area (Å²) in [5.74, 6) is 0. The van der Waals surface area contributed by atoms with Crippen molar-refractivity contribution >= 4 is 109 Å². The Morgan fingerprint density at radius 2 is 0.400 bits per heavy atom.